The zero-order valence-corrected chi connectivity index (χ0v) is 17.1. The van der Waals surface area contributed by atoms with Crippen LogP contribution in [-0.4, -0.2) is 104 Å². The van der Waals surface area contributed by atoms with Gasteiger partial charge in [-0.15, -0.1) is 0 Å². The van der Waals surface area contributed by atoms with Crippen LogP contribution in [-0.2, 0) is 36.0 Å². The molecule has 24 heavy (non-hydrogen) atoms. The molecule has 139 valence electrons. The van der Waals surface area contributed by atoms with Gasteiger partial charge in [-0.05, 0) is 0 Å². The van der Waals surface area contributed by atoms with E-state index in [1.54, 1.807) is 0 Å². The summed E-state index contributed by atoms with van der Waals surface area (Å²) in [5.41, 5.74) is 0. The van der Waals surface area contributed by atoms with Crippen molar-refractivity contribution in [3.8, 4) is 0 Å². The second kappa shape index (κ2) is 19.2. The normalized spacial score (nSPS) is 8.92. The van der Waals surface area contributed by atoms with E-state index < -0.39 is 50.1 Å². The fourth-order valence-corrected chi connectivity index (χ4v) is 1.48. The largest absolute Gasteiger partial charge is 1.00 e. The monoisotopic (exact) mass is 426 g/mol. The first kappa shape index (κ1) is 35.1. The van der Waals surface area contributed by atoms with Crippen molar-refractivity contribution in [2.75, 3.05) is 39.3 Å². The molecule has 8 N–H and O–H groups in total. The molecule has 0 bridgehead atoms. The SMILES string of the molecule is O.O.O=C(O)CN(CCN(CC(=O)O)CC(=O)O)CC(=O)O.[Co].[K+]. The number of aliphatic carboxylic acids is 4. The molecular weight excluding hydrogens is 406 g/mol. The standard InChI is InChI=1S/C10H16N2O8.Co.K.2H2O/c13-7(14)3-11(4-8(15)16)1-2-12(5-9(17)18)6-10(19)20;;;;/h1-6H2,(H,13,14)(H,15,16)(H,17,18)(H,19,20);;;2*1H2/q;;+1;;. The average Bonchev–Trinajstić information content (AvgIpc) is 2.22. The minimum Gasteiger partial charge on any atom is -0.480 e. The molecule has 0 amide bonds. The predicted octanol–water partition coefficient (Wildman–Crippen LogP) is -6.72. The fraction of sp³-hybridized carbons (Fsp3) is 0.600. The summed E-state index contributed by atoms with van der Waals surface area (Å²) in [4.78, 5) is 44.4. The number of hydrogen-bond donors (Lipinski definition) is 4. The van der Waals surface area contributed by atoms with Crippen LogP contribution in [0.1, 0.15) is 0 Å². The first-order valence-corrected chi connectivity index (χ1v) is 5.52. The molecule has 0 heterocycles. The summed E-state index contributed by atoms with van der Waals surface area (Å²) < 4.78 is 0. The zero-order valence-electron chi connectivity index (χ0n) is 12.9. The quantitative estimate of drug-likeness (QED) is 0.229. The summed E-state index contributed by atoms with van der Waals surface area (Å²) in [6.45, 7) is -2.25. The topological polar surface area (TPSA) is 219 Å². The van der Waals surface area contributed by atoms with Crippen molar-refractivity contribution in [2.45, 2.75) is 0 Å². The Morgan fingerprint density at radius 2 is 0.750 bits per heavy atom. The minimum atomic E-state index is -1.23. The number of nitrogens with zero attached hydrogens (tertiary/aromatic N) is 2. The fourth-order valence-electron chi connectivity index (χ4n) is 1.48. The van der Waals surface area contributed by atoms with Crippen LogP contribution in [0.5, 0.6) is 0 Å². The molecule has 0 aromatic rings. The van der Waals surface area contributed by atoms with Gasteiger partial charge in [0.15, 0.2) is 0 Å². The van der Waals surface area contributed by atoms with Crippen molar-refractivity contribution in [1.29, 1.82) is 0 Å². The number of carbonyl (C=O) groups is 4. The third-order valence-corrected chi connectivity index (χ3v) is 2.17. The van der Waals surface area contributed by atoms with Crippen LogP contribution in [0, 0.1) is 0 Å². The predicted molar refractivity (Wildman–Crippen MR) is 70.7 cm³/mol. The molecule has 0 fully saturated rings. The maximum absolute atomic E-state index is 10.6. The average molecular weight is 426 g/mol. The molecule has 0 atom stereocenters. The molecule has 14 heteroatoms. The van der Waals surface area contributed by atoms with Gasteiger partial charge in [-0.1, -0.05) is 0 Å². The van der Waals surface area contributed by atoms with Gasteiger partial charge in [0.05, 0.1) is 26.2 Å². The van der Waals surface area contributed by atoms with E-state index in [1.165, 1.54) is 0 Å². The maximum atomic E-state index is 10.6. The van der Waals surface area contributed by atoms with E-state index in [-0.39, 0.29) is 92.2 Å². The third kappa shape index (κ3) is 21.9. The molecule has 0 aliphatic rings. The number of carboxylic acid groups (broad SMARTS) is 4. The summed E-state index contributed by atoms with van der Waals surface area (Å²) in [6.07, 6.45) is 0. The van der Waals surface area contributed by atoms with E-state index in [0.29, 0.717) is 0 Å². The van der Waals surface area contributed by atoms with Gasteiger partial charge in [0.2, 0.25) is 0 Å². The van der Waals surface area contributed by atoms with Crippen molar-refractivity contribution in [1.82, 2.24) is 9.80 Å². The molecule has 1 radical (unpaired) electrons. The Bertz CT molecular complexity index is 330. The summed E-state index contributed by atoms with van der Waals surface area (Å²) in [5, 5.41) is 34.5. The Morgan fingerprint density at radius 1 is 0.583 bits per heavy atom. The van der Waals surface area contributed by atoms with Gasteiger partial charge in [0.25, 0.3) is 0 Å². The van der Waals surface area contributed by atoms with Gasteiger partial charge in [-0.25, -0.2) is 0 Å². The molecule has 0 saturated heterocycles. The third-order valence-electron chi connectivity index (χ3n) is 2.17. The van der Waals surface area contributed by atoms with E-state index in [4.69, 9.17) is 20.4 Å². The van der Waals surface area contributed by atoms with Crippen molar-refractivity contribution in [2.24, 2.45) is 0 Å². The number of rotatable bonds is 11. The van der Waals surface area contributed by atoms with Gasteiger partial charge in [-0.2, -0.15) is 0 Å². The number of hydrogen-bond acceptors (Lipinski definition) is 6. The Kier molecular flexibility index (Phi) is 28.0. The molecule has 0 aliphatic carbocycles. The van der Waals surface area contributed by atoms with Crippen LogP contribution < -0.4 is 51.4 Å². The van der Waals surface area contributed by atoms with Crippen LogP contribution in [0.25, 0.3) is 0 Å². The van der Waals surface area contributed by atoms with Crippen molar-refractivity contribution >= 4 is 23.9 Å². The summed E-state index contributed by atoms with van der Waals surface area (Å²) in [7, 11) is 0. The summed E-state index contributed by atoms with van der Waals surface area (Å²) >= 11 is 0. The molecule has 0 aliphatic heterocycles. The van der Waals surface area contributed by atoms with Crippen molar-refractivity contribution in [3.05, 3.63) is 0 Å². The summed E-state index contributed by atoms with van der Waals surface area (Å²) in [5.74, 6) is -4.91. The molecule has 0 aromatic heterocycles. The first-order chi connectivity index (χ1) is 9.20. The molecule has 0 rings (SSSR count). The van der Waals surface area contributed by atoms with E-state index in [1.807, 2.05) is 0 Å². The molecular formula is C10H20CoKN2O10+. The van der Waals surface area contributed by atoms with Crippen LogP contribution in [0.2, 0.25) is 0 Å². The van der Waals surface area contributed by atoms with Crippen LogP contribution >= 0.6 is 0 Å². The van der Waals surface area contributed by atoms with E-state index in [9.17, 15) is 19.2 Å². The number of carboxylic acids is 4. The second-order valence-electron chi connectivity index (χ2n) is 4.00. The van der Waals surface area contributed by atoms with Gasteiger partial charge in [0.1, 0.15) is 0 Å². The van der Waals surface area contributed by atoms with Crippen LogP contribution in [0.4, 0.5) is 0 Å². The van der Waals surface area contributed by atoms with Crippen LogP contribution in [0.3, 0.4) is 0 Å². The molecule has 0 spiro atoms. The van der Waals surface area contributed by atoms with E-state index >= 15 is 0 Å². The molecule has 12 nitrogen and oxygen atoms in total. The molecule has 0 unspecified atom stereocenters. The Morgan fingerprint density at radius 3 is 0.875 bits per heavy atom. The minimum absolute atomic E-state index is 0. The van der Waals surface area contributed by atoms with E-state index in [0.717, 1.165) is 9.80 Å². The summed E-state index contributed by atoms with van der Waals surface area (Å²) in [6, 6.07) is 0. The van der Waals surface area contributed by atoms with Gasteiger partial charge < -0.3 is 31.4 Å². The van der Waals surface area contributed by atoms with Gasteiger partial charge in [-0.3, -0.25) is 29.0 Å². The van der Waals surface area contributed by atoms with Gasteiger partial charge >= 0.3 is 75.3 Å². The van der Waals surface area contributed by atoms with E-state index in [2.05, 4.69) is 0 Å². The molecule has 0 aromatic carbocycles. The zero-order chi connectivity index (χ0) is 15.7. The van der Waals surface area contributed by atoms with Gasteiger partial charge in [0, 0.05) is 29.9 Å². The Hall–Kier alpha value is -0.137. The maximum Gasteiger partial charge on any atom is 1.00 e. The Balaban J connectivity index is -0.000000301. The smallest absolute Gasteiger partial charge is 0.480 e. The Labute approximate surface area is 190 Å². The molecule has 0 saturated carbocycles. The van der Waals surface area contributed by atoms with Crippen molar-refractivity contribution < 1.29 is 119 Å². The second-order valence-corrected chi connectivity index (χ2v) is 4.00. The van der Waals surface area contributed by atoms with Crippen LogP contribution in [0.15, 0.2) is 0 Å². The van der Waals surface area contributed by atoms with Crippen molar-refractivity contribution in [3.63, 3.8) is 0 Å². The first-order valence-electron chi connectivity index (χ1n) is 5.52.